The zero-order valence-corrected chi connectivity index (χ0v) is 21.9. The molecule has 194 valence electrons. The van der Waals surface area contributed by atoms with Gasteiger partial charge in [-0.1, -0.05) is 18.2 Å². The molecule has 2 heterocycles. The third-order valence-electron chi connectivity index (χ3n) is 5.96. The highest BCUT2D eigenvalue weighted by Crippen LogP contribution is 2.33. The summed E-state index contributed by atoms with van der Waals surface area (Å²) >= 11 is 0. The fourth-order valence-electron chi connectivity index (χ4n) is 3.95. The molecule has 2 aromatic rings. The Morgan fingerprint density at radius 2 is 1.67 bits per heavy atom. The topological polar surface area (TPSA) is 94.6 Å². The monoisotopic (exact) mass is 498 g/mol. The molecular formula is C27H34N2O7. The number of carbonyl (C=O) groups excluding carboxylic acids is 3. The van der Waals surface area contributed by atoms with Gasteiger partial charge in [0.1, 0.15) is 23.4 Å². The highest BCUT2D eigenvalue weighted by molar-refractivity contribution is 5.90. The molecule has 4 bridgehead atoms. The number of likely N-dealkylation sites (N-methyl/N-ethyl adjacent to an activating group) is 2. The van der Waals surface area contributed by atoms with Crippen LogP contribution in [0.1, 0.15) is 31.9 Å². The second-order valence-electron chi connectivity index (χ2n) is 9.73. The van der Waals surface area contributed by atoms with Crippen molar-refractivity contribution in [3.63, 3.8) is 0 Å². The number of methoxy groups -OCH3 is 2. The van der Waals surface area contributed by atoms with E-state index in [4.69, 9.17) is 18.9 Å². The molecule has 2 atom stereocenters. The summed E-state index contributed by atoms with van der Waals surface area (Å²) in [5, 5.41) is 0. The summed E-state index contributed by atoms with van der Waals surface area (Å²) in [7, 11) is 5.89. The van der Waals surface area contributed by atoms with Gasteiger partial charge >= 0.3 is 12.1 Å². The van der Waals surface area contributed by atoms with Crippen LogP contribution in [0.3, 0.4) is 0 Å². The van der Waals surface area contributed by atoms with E-state index in [0.717, 1.165) is 11.1 Å². The summed E-state index contributed by atoms with van der Waals surface area (Å²) < 4.78 is 22.0. The molecule has 0 radical (unpaired) electrons. The summed E-state index contributed by atoms with van der Waals surface area (Å²) in [6, 6.07) is 10.7. The van der Waals surface area contributed by atoms with Crippen LogP contribution in [-0.4, -0.2) is 73.8 Å². The van der Waals surface area contributed by atoms with Crippen molar-refractivity contribution in [3.8, 4) is 17.2 Å². The van der Waals surface area contributed by atoms with Gasteiger partial charge in [-0.25, -0.2) is 9.59 Å². The number of ether oxygens (including phenoxy) is 4. The third-order valence-corrected chi connectivity index (χ3v) is 5.96. The van der Waals surface area contributed by atoms with Gasteiger partial charge in [-0.15, -0.1) is 0 Å². The van der Waals surface area contributed by atoms with Crippen LogP contribution in [0.4, 0.5) is 4.79 Å². The Labute approximate surface area is 211 Å². The molecule has 2 aliphatic rings. The first-order chi connectivity index (χ1) is 16.9. The van der Waals surface area contributed by atoms with Crippen molar-refractivity contribution in [2.45, 2.75) is 51.3 Å². The summed E-state index contributed by atoms with van der Waals surface area (Å²) in [6.45, 7) is 5.28. The first-order valence-electron chi connectivity index (χ1n) is 11.7. The number of carbonyl (C=O) groups is 3. The zero-order valence-electron chi connectivity index (χ0n) is 21.9. The maximum atomic E-state index is 13.8. The summed E-state index contributed by atoms with van der Waals surface area (Å²) in [5.74, 6) is 0.618. The quantitative estimate of drug-likeness (QED) is 0.594. The van der Waals surface area contributed by atoms with Crippen LogP contribution in [0.15, 0.2) is 42.5 Å². The highest BCUT2D eigenvalue weighted by Gasteiger charge is 2.37. The lowest BCUT2D eigenvalue weighted by Crippen LogP contribution is -2.55. The van der Waals surface area contributed by atoms with Crippen molar-refractivity contribution >= 4 is 18.0 Å². The Balaban J connectivity index is 2.09. The molecule has 9 heteroatoms. The Bertz CT molecular complexity index is 1110. The SMILES string of the molecule is COC(=O)[C@@H]1Cc2ccc(OC)c(c2)Oc2ccc(cc2)C[C@@H](N(C)C(=O)OC(C)(C)C)C(=O)N1C. The Kier molecular flexibility index (Phi) is 8.12. The van der Waals surface area contributed by atoms with Gasteiger partial charge in [0.2, 0.25) is 5.91 Å². The molecule has 9 nitrogen and oxygen atoms in total. The molecule has 0 aliphatic carbocycles. The lowest BCUT2D eigenvalue weighted by molar-refractivity contribution is -0.153. The van der Waals surface area contributed by atoms with Crippen LogP contribution < -0.4 is 9.47 Å². The maximum Gasteiger partial charge on any atom is 0.410 e. The first-order valence-corrected chi connectivity index (χ1v) is 11.7. The third kappa shape index (κ3) is 6.27. The number of rotatable bonds is 3. The maximum absolute atomic E-state index is 13.8. The van der Waals surface area contributed by atoms with Crippen LogP contribution in [0, 0.1) is 0 Å². The second kappa shape index (κ2) is 10.9. The van der Waals surface area contributed by atoms with Gasteiger partial charge in [0.05, 0.1) is 14.2 Å². The minimum atomic E-state index is -0.929. The molecule has 36 heavy (non-hydrogen) atoms. The van der Waals surface area contributed by atoms with E-state index in [1.807, 2.05) is 12.1 Å². The molecule has 2 aliphatic heterocycles. The van der Waals surface area contributed by atoms with Crippen LogP contribution in [0.5, 0.6) is 17.2 Å². The van der Waals surface area contributed by atoms with Crippen LogP contribution in [0.25, 0.3) is 0 Å². The first kappa shape index (κ1) is 26.8. The molecule has 2 aromatic carbocycles. The van der Waals surface area contributed by atoms with E-state index in [1.54, 1.807) is 58.2 Å². The van der Waals surface area contributed by atoms with Crippen molar-refractivity contribution in [1.82, 2.24) is 9.80 Å². The smallest absolute Gasteiger partial charge is 0.410 e. The minimum Gasteiger partial charge on any atom is -0.493 e. The van der Waals surface area contributed by atoms with Gasteiger partial charge in [0.15, 0.2) is 11.5 Å². The van der Waals surface area contributed by atoms with Gasteiger partial charge in [-0.3, -0.25) is 9.69 Å². The standard InChI is InChI=1S/C27H34N2O7/c1-27(2,3)36-26(32)29(5)20-14-17-8-11-19(12-9-17)35-23-16-18(10-13-22(23)33-6)15-21(25(31)34-7)28(4)24(20)30/h8-13,16,20-21H,14-15H2,1-7H3/t20-,21+/m1/s1. The number of hydrogen-bond donors (Lipinski definition) is 0. The molecule has 2 amide bonds. The lowest BCUT2D eigenvalue weighted by Gasteiger charge is -2.35. The number of esters is 1. The number of benzene rings is 2. The van der Waals surface area contributed by atoms with Gasteiger partial charge in [0.25, 0.3) is 0 Å². The molecule has 0 aromatic heterocycles. The Morgan fingerprint density at radius 3 is 2.25 bits per heavy atom. The van der Waals surface area contributed by atoms with E-state index in [1.165, 1.54) is 31.0 Å². The molecular weight excluding hydrogens is 464 g/mol. The van der Waals surface area contributed by atoms with E-state index in [2.05, 4.69) is 0 Å². The average molecular weight is 499 g/mol. The van der Waals surface area contributed by atoms with Crippen molar-refractivity contribution < 1.29 is 33.3 Å². The summed E-state index contributed by atoms with van der Waals surface area (Å²) in [5.41, 5.74) is 0.810. The van der Waals surface area contributed by atoms with Crippen molar-refractivity contribution in [2.75, 3.05) is 28.3 Å². The molecule has 0 saturated heterocycles. The number of amides is 2. The molecule has 4 rings (SSSR count). The van der Waals surface area contributed by atoms with E-state index in [9.17, 15) is 14.4 Å². The van der Waals surface area contributed by atoms with Crippen LogP contribution >= 0.6 is 0 Å². The number of nitrogens with zero attached hydrogens (tertiary/aromatic N) is 2. The van der Waals surface area contributed by atoms with Crippen molar-refractivity contribution in [3.05, 3.63) is 53.6 Å². The van der Waals surface area contributed by atoms with E-state index < -0.39 is 35.7 Å². The van der Waals surface area contributed by atoms with E-state index in [0.29, 0.717) is 17.2 Å². The summed E-state index contributed by atoms with van der Waals surface area (Å²) in [4.78, 5) is 42.1. The molecule has 0 saturated carbocycles. The predicted molar refractivity (Wildman–Crippen MR) is 133 cm³/mol. The zero-order chi connectivity index (χ0) is 26.6. The van der Waals surface area contributed by atoms with Gasteiger partial charge in [-0.05, 0) is 56.2 Å². The Hall–Kier alpha value is -3.75. The van der Waals surface area contributed by atoms with Crippen LogP contribution in [-0.2, 0) is 31.9 Å². The molecule has 0 fully saturated rings. The van der Waals surface area contributed by atoms with Crippen molar-refractivity contribution in [1.29, 1.82) is 0 Å². The molecule has 0 spiro atoms. The fraction of sp³-hybridized carbons (Fsp3) is 0.444. The largest absolute Gasteiger partial charge is 0.493 e. The normalized spacial score (nSPS) is 18.1. The highest BCUT2D eigenvalue weighted by atomic mass is 16.6. The Morgan fingerprint density at radius 1 is 1.03 bits per heavy atom. The van der Waals surface area contributed by atoms with Gasteiger partial charge in [-0.2, -0.15) is 0 Å². The van der Waals surface area contributed by atoms with E-state index in [-0.39, 0.29) is 12.8 Å². The van der Waals surface area contributed by atoms with Crippen LogP contribution in [0.2, 0.25) is 0 Å². The van der Waals surface area contributed by atoms with E-state index >= 15 is 0 Å². The fourth-order valence-corrected chi connectivity index (χ4v) is 3.95. The van der Waals surface area contributed by atoms with Gasteiger partial charge < -0.3 is 23.8 Å². The molecule has 0 unspecified atom stereocenters. The average Bonchev–Trinajstić information content (AvgIpc) is 2.83. The lowest BCUT2D eigenvalue weighted by atomic mass is 10.00. The predicted octanol–water partition coefficient (Wildman–Crippen LogP) is 3.82. The van der Waals surface area contributed by atoms with Gasteiger partial charge in [0, 0.05) is 26.9 Å². The van der Waals surface area contributed by atoms with Crippen molar-refractivity contribution in [2.24, 2.45) is 0 Å². The number of hydrogen-bond acceptors (Lipinski definition) is 7. The second-order valence-corrected chi connectivity index (χ2v) is 9.73. The number of fused-ring (bicyclic) bond motifs is 7. The minimum absolute atomic E-state index is 0.176. The summed E-state index contributed by atoms with van der Waals surface area (Å²) in [6.07, 6.45) is -0.248. The molecule has 0 N–H and O–H groups in total.